The molecule has 2 nitrogen and oxygen atoms in total. The predicted octanol–water partition coefficient (Wildman–Crippen LogP) is 3.76. The highest BCUT2D eigenvalue weighted by Crippen LogP contribution is 2.30. The number of nitrogen functional groups attached to an aromatic ring is 1. The zero-order valence-corrected chi connectivity index (χ0v) is 9.50. The molecule has 1 aromatic heterocycles. The molecule has 0 aliphatic heterocycles. The summed E-state index contributed by atoms with van der Waals surface area (Å²) in [5, 5.41) is 2.93. The van der Waals surface area contributed by atoms with E-state index in [2.05, 4.69) is 4.98 Å². The number of fused-ring (bicyclic) bond motifs is 3. The Kier molecular flexibility index (Phi) is 2.16. The minimum atomic E-state index is -0.291. The van der Waals surface area contributed by atoms with Crippen molar-refractivity contribution in [2.45, 2.75) is 0 Å². The van der Waals surface area contributed by atoms with E-state index in [1.807, 2.05) is 6.07 Å². The van der Waals surface area contributed by atoms with Gasteiger partial charge >= 0.3 is 0 Å². The number of anilines is 1. The molecule has 0 atom stereocenters. The first-order valence-corrected chi connectivity index (χ1v) is 5.47. The second-order valence-corrected chi connectivity index (χ2v) is 4.28. The van der Waals surface area contributed by atoms with Crippen molar-refractivity contribution in [3.8, 4) is 0 Å². The molecule has 3 rings (SSSR count). The van der Waals surface area contributed by atoms with E-state index in [9.17, 15) is 4.39 Å². The van der Waals surface area contributed by atoms with Gasteiger partial charge in [0.25, 0.3) is 0 Å². The van der Waals surface area contributed by atoms with Gasteiger partial charge in [-0.05, 0) is 35.7 Å². The Bertz CT molecular complexity index is 740. The fraction of sp³-hybridized carbons (Fsp3) is 0. The highest BCUT2D eigenvalue weighted by Gasteiger charge is 2.07. The normalized spacial score (nSPS) is 11.2. The lowest BCUT2D eigenvalue weighted by molar-refractivity contribution is 0.629. The zero-order chi connectivity index (χ0) is 12.0. The average Bonchev–Trinajstić information content (AvgIpc) is 2.30. The molecule has 2 N–H and O–H groups in total. The Hall–Kier alpha value is -1.87. The van der Waals surface area contributed by atoms with Gasteiger partial charge in [0.05, 0.1) is 5.52 Å². The minimum absolute atomic E-state index is 0.291. The summed E-state index contributed by atoms with van der Waals surface area (Å²) < 4.78 is 13.3. The molecular formula is C13H8ClFN2. The van der Waals surface area contributed by atoms with Crippen molar-refractivity contribution in [2.75, 3.05) is 5.73 Å². The average molecular weight is 247 g/mol. The number of nitrogens with two attached hydrogens (primary N) is 1. The van der Waals surface area contributed by atoms with Gasteiger partial charge in [-0.1, -0.05) is 17.7 Å². The van der Waals surface area contributed by atoms with Gasteiger partial charge in [0.1, 0.15) is 11.6 Å². The predicted molar refractivity (Wildman–Crippen MR) is 68.6 cm³/mol. The van der Waals surface area contributed by atoms with Crippen LogP contribution in [0.25, 0.3) is 21.7 Å². The summed E-state index contributed by atoms with van der Waals surface area (Å²) in [6.45, 7) is 0. The van der Waals surface area contributed by atoms with Gasteiger partial charge in [0, 0.05) is 15.8 Å². The van der Waals surface area contributed by atoms with Crippen molar-refractivity contribution >= 4 is 39.1 Å². The van der Waals surface area contributed by atoms with Crippen LogP contribution in [0.4, 0.5) is 10.2 Å². The minimum Gasteiger partial charge on any atom is -0.383 e. The first-order chi connectivity index (χ1) is 8.15. The molecular weight excluding hydrogens is 239 g/mol. The number of benzene rings is 2. The number of nitrogens with zero attached hydrogens (tertiary/aromatic N) is 1. The van der Waals surface area contributed by atoms with Crippen LogP contribution in [0.5, 0.6) is 0 Å². The number of hydrogen-bond donors (Lipinski definition) is 1. The van der Waals surface area contributed by atoms with Crippen molar-refractivity contribution in [2.24, 2.45) is 0 Å². The van der Waals surface area contributed by atoms with E-state index in [0.717, 1.165) is 16.2 Å². The summed E-state index contributed by atoms with van der Waals surface area (Å²) in [7, 11) is 0. The topological polar surface area (TPSA) is 38.9 Å². The van der Waals surface area contributed by atoms with Crippen LogP contribution in [0.3, 0.4) is 0 Å². The van der Waals surface area contributed by atoms with Crippen LogP contribution in [-0.2, 0) is 0 Å². The third-order valence-electron chi connectivity index (χ3n) is 2.75. The van der Waals surface area contributed by atoms with E-state index < -0.39 is 0 Å². The maximum Gasteiger partial charge on any atom is 0.132 e. The third-order valence-corrected chi connectivity index (χ3v) is 2.98. The van der Waals surface area contributed by atoms with Crippen LogP contribution in [0.2, 0.25) is 5.02 Å². The van der Waals surface area contributed by atoms with Crippen LogP contribution in [0, 0.1) is 5.82 Å². The molecule has 0 aliphatic rings. The summed E-state index contributed by atoms with van der Waals surface area (Å²) >= 11 is 5.92. The largest absolute Gasteiger partial charge is 0.383 e. The Morgan fingerprint density at radius 1 is 1.00 bits per heavy atom. The highest BCUT2D eigenvalue weighted by molar-refractivity contribution is 6.31. The lowest BCUT2D eigenvalue weighted by Crippen LogP contribution is -1.93. The lowest BCUT2D eigenvalue weighted by Gasteiger charge is -2.06. The maximum absolute atomic E-state index is 13.3. The Morgan fingerprint density at radius 3 is 2.65 bits per heavy atom. The monoisotopic (exact) mass is 246 g/mol. The van der Waals surface area contributed by atoms with Gasteiger partial charge in [-0.25, -0.2) is 9.37 Å². The van der Waals surface area contributed by atoms with E-state index >= 15 is 0 Å². The number of halogens is 2. The van der Waals surface area contributed by atoms with Gasteiger partial charge in [-0.2, -0.15) is 0 Å². The van der Waals surface area contributed by atoms with E-state index in [0.29, 0.717) is 16.4 Å². The summed E-state index contributed by atoms with van der Waals surface area (Å²) in [5.41, 5.74) is 6.55. The van der Waals surface area contributed by atoms with Crippen molar-refractivity contribution in [3.05, 3.63) is 47.2 Å². The highest BCUT2D eigenvalue weighted by atomic mass is 35.5. The fourth-order valence-corrected chi connectivity index (χ4v) is 2.15. The molecule has 0 aliphatic carbocycles. The summed E-state index contributed by atoms with van der Waals surface area (Å²) in [6, 6.07) is 9.78. The van der Waals surface area contributed by atoms with Gasteiger partial charge < -0.3 is 5.73 Å². The molecule has 0 spiro atoms. The number of pyridine rings is 1. The first-order valence-electron chi connectivity index (χ1n) is 5.09. The molecule has 17 heavy (non-hydrogen) atoms. The quantitative estimate of drug-likeness (QED) is 0.614. The smallest absolute Gasteiger partial charge is 0.132 e. The molecule has 0 radical (unpaired) electrons. The van der Waals surface area contributed by atoms with Crippen LogP contribution in [-0.4, -0.2) is 4.98 Å². The maximum atomic E-state index is 13.3. The molecule has 0 unspecified atom stereocenters. The number of rotatable bonds is 0. The second kappa shape index (κ2) is 3.57. The molecule has 0 bridgehead atoms. The van der Waals surface area contributed by atoms with Gasteiger partial charge in [-0.3, -0.25) is 0 Å². The van der Waals surface area contributed by atoms with E-state index in [1.165, 1.54) is 12.1 Å². The molecule has 3 aromatic rings. The van der Waals surface area contributed by atoms with Crippen molar-refractivity contribution in [1.29, 1.82) is 0 Å². The third kappa shape index (κ3) is 1.59. The van der Waals surface area contributed by atoms with Gasteiger partial charge in [-0.15, -0.1) is 0 Å². The van der Waals surface area contributed by atoms with Crippen molar-refractivity contribution in [3.63, 3.8) is 0 Å². The Balaban J connectivity index is 2.57. The first kappa shape index (κ1) is 10.3. The molecule has 0 amide bonds. The number of aromatic nitrogens is 1. The Morgan fingerprint density at radius 2 is 1.82 bits per heavy atom. The summed E-state index contributed by atoms with van der Waals surface area (Å²) in [4.78, 5) is 4.24. The van der Waals surface area contributed by atoms with E-state index in [4.69, 9.17) is 17.3 Å². The molecule has 0 saturated heterocycles. The van der Waals surface area contributed by atoms with Gasteiger partial charge in [0.15, 0.2) is 0 Å². The van der Waals surface area contributed by atoms with Crippen LogP contribution in [0.15, 0.2) is 36.4 Å². The molecule has 84 valence electrons. The molecule has 4 heteroatoms. The lowest BCUT2D eigenvalue weighted by atomic mass is 10.1. The molecule has 1 heterocycles. The second-order valence-electron chi connectivity index (χ2n) is 3.85. The Labute approximate surface area is 102 Å². The van der Waals surface area contributed by atoms with Crippen LogP contribution >= 0.6 is 11.6 Å². The molecule has 0 saturated carbocycles. The molecule has 2 aromatic carbocycles. The van der Waals surface area contributed by atoms with E-state index in [1.54, 1.807) is 18.2 Å². The fourth-order valence-electron chi connectivity index (χ4n) is 1.97. The van der Waals surface area contributed by atoms with E-state index in [-0.39, 0.29) is 5.82 Å². The summed E-state index contributed by atoms with van der Waals surface area (Å²) in [5.74, 6) is 0.113. The SMILES string of the molecule is Nc1nc2ccc(F)cc2c2ccc(Cl)cc12. The van der Waals surface area contributed by atoms with Crippen LogP contribution in [0.1, 0.15) is 0 Å². The molecule has 0 fully saturated rings. The van der Waals surface area contributed by atoms with Gasteiger partial charge in [0.2, 0.25) is 0 Å². The summed E-state index contributed by atoms with van der Waals surface area (Å²) in [6.07, 6.45) is 0. The number of hydrogen-bond acceptors (Lipinski definition) is 2. The zero-order valence-electron chi connectivity index (χ0n) is 8.74. The standard InChI is InChI=1S/C13H8ClFN2/c14-7-1-3-9-10-6-8(15)2-4-12(10)17-13(16)11(9)5-7/h1-6H,(H2,16,17). The van der Waals surface area contributed by atoms with Crippen molar-refractivity contribution in [1.82, 2.24) is 4.98 Å². The van der Waals surface area contributed by atoms with Crippen LogP contribution < -0.4 is 5.73 Å². The van der Waals surface area contributed by atoms with Crippen molar-refractivity contribution < 1.29 is 4.39 Å².